The molecule has 1 aromatic carbocycles. The molecule has 21 heavy (non-hydrogen) atoms. The molecule has 1 N–H and O–H groups in total. The molecule has 112 valence electrons. The number of nitrogens with zero attached hydrogens (tertiary/aromatic N) is 3. The fourth-order valence-corrected chi connectivity index (χ4v) is 2.65. The summed E-state index contributed by atoms with van der Waals surface area (Å²) < 4.78 is 7.51. The highest BCUT2D eigenvalue weighted by atomic mass is 16.5. The lowest BCUT2D eigenvalue weighted by molar-refractivity contribution is 0.0381. The first-order valence-corrected chi connectivity index (χ1v) is 7.39. The minimum absolute atomic E-state index is 0.308. The van der Waals surface area contributed by atoms with Gasteiger partial charge in [0.1, 0.15) is 11.6 Å². The molecule has 5 heteroatoms. The van der Waals surface area contributed by atoms with Crippen molar-refractivity contribution in [2.45, 2.75) is 13.0 Å². The van der Waals surface area contributed by atoms with Crippen molar-refractivity contribution in [2.24, 2.45) is 0 Å². The normalized spacial score (nSPS) is 16.2. The monoisotopic (exact) mass is 287 g/mol. The van der Waals surface area contributed by atoms with Gasteiger partial charge < -0.3 is 14.4 Å². The summed E-state index contributed by atoms with van der Waals surface area (Å²) in [5.41, 5.74) is 1.08. The Morgan fingerprint density at radius 3 is 2.90 bits per heavy atom. The van der Waals surface area contributed by atoms with Gasteiger partial charge in [-0.3, -0.25) is 4.90 Å². The number of aromatic hydroxyl groups is 1. The highest BCUT2D eigenvalue weighted by Gasteiger charge is 2.11. The van der Waals surface area contributed by atoms with Gasteiger partial charge in [-0.1, -0.05) is 12.1 Å². The van der Waals surface area contributed by atoms with Crippen LogP contribution < -0.4 is 0 Å². The summed E-state index contributed by atoms with van der Waals surface area (Å²) in [6.07, 6.45) is 4.78. The van der Waals surface area contributed by atoms with Gasteiger partial charge in [0.2, 0.25) is 0 Å². The molecule has 1 saturated heterocycles. The number of rotatable bonds is 5. The molecule has 2 aromatic rings. The summed E-state index contributed by atoms with van der Waals surface area (Å²) in [5.74, 6) is 1.40. The third kappa shape index (κ3) is 3.83. The van der Waals surface area contributed by atoms with Gasteiger partial charge in [-0.15, -0.1) is 0 Å². The number of morpholine rings is 1. The molecule has 5 nitrogen and oxygen atoms in total. The highest BCUT2D eigenvalue weighted by Crippen LogP contribution is 2.13. The molecule has 0 bridgehead atoms. The van der Waals surface area contributed by atoms with E-state index in [0.717, 1.165) is 57.2 Å². The van der Waals surface area contributed by atoms with E-state index in [1.807, 2.05) is 24.5 Å². The van der Waals surface area contributed by atoms with Crippen LogP contribution in [0.5, 0.6) is 5.75 Å². The Kier molecular flexibility index (Phi) is 4.52. The van der Waals surface area contributed by atoms with E-state index in [1.165, 1.54) is 0 Å². The molecule has 2 heterocycles. The van der Waals surface area contributed by atoms with Crippen LogP contribution in [0.25, 0.3) is 0 Å². The largest absolute Gasteiger partial charge is 0.508 e. The molecule has 0 atom stereocenters. The predicted molar refractivity (Wildman–Crippen MR) is 80.4 cm³/mol. The topological polar surface area (TPSA) is 50.5 Å². The van der Waals surface area contributed by atoms with Gasteiger partial charge in [-0.2, -0.15) is 0 Å². The maximum absolute atomic E-state index is 9.54. The van der Waals surface area contributed by atoms with E-state index >= 15 is 0 Å². The quantitative estimate of drug-likeness (QED) is 0.905. The van der Waals surface area contributed by atoms with Crippen molar-refractivity contribution in [3.63, 3.8) is 0 Å². The molecule has 0 amide bonds. The number of phenols is 1. The second kappa shape index (κ2) is 6.74. The van der Waals surface area contributed by atoms with Gasteiger partial charge >= 0.3 is 0 Å². The first kappa shape index (κ1) is 14.1. The van der Waals surface area contributed by atoms with Gasteiger partial charge in [0.05, 0.1) is 13.2 Å². The lowest BCUT2D eigenvalue weighted by Gasteiger charge is -2.26. The van der Waals surface area contributed by atoms with Crippen LogP contribution in [-0.2, 0) is 17.7 Å². The number of ether oxygens (including phenoxy) is 1. The third-order valence-electron chi connectivity index (χ3n) is 3.82. The zero-order valence-electron chi connectivity index (χ0n) is 12.1. The van der Waals surface area contributed by atoms with Crippen LogP contribution in [0, 0.1) is 0 Å². The standard InChI is InChI=1S/C16H21N3O2/c20-15-3-1-2-14(12-15)13-19-7-5-17-16(19)4-6-18-8-10-21-11-9-18/h1-3,5,7,12,20H,4,6,8-11,13H2. The summed E-state index contributed by atoms with van der Waals surface area (Å²) in [4.78, 5) is 6.88. The second-order valence-corrected chi connectivity index (χ2v) is 5.35. The Balaban J connectivity index is 1.60. The molecule has 0 radical (unpaired) electrons. The van der Waals surface area contributed by atoms with E-state index < -0.39 is 0 Å². The summed E-state index contributed by atoms with van der Waals surface area (Å²) in [5, 5.41) is 9.54. The van der Waals surface area contributed by atoms with Gasteiger partial charge in [0.15, 0.2) is 0 Å². The van der Waals surface area contributed by atoms with Crippen molar-refractivity contribution in [3.05, 3.63) is 48.0 Å². The Labute approximate surface area is 124 Å². The second-order valence-electron chi connectivity index (χ2n) is 5.35. The summed E-state index contributed by atoms with van der Waals surface area (Å²) >= 11 is 0. The van der Waals surface area contributed by atoms with Gasteiger partial charge in [-0.05, 0) is 17.7 Å². The SMILES string of the molecule is Oc1cccc(Cn2ccnc2CCN2CCOCC2)c1. The van der Waals surface area contributed by atoms with Crippen molar-refractivity contribution in [2.75, 3.05) is 32.8 Å². The molecule has 0 spiro atoms. The van der Waals surface area contributed by atoms with Crippen molar-refractivity contribution in [1.29, 1.82) is 0 Å². The van der Waals surface area contributed by atoms with E-state index in [-0.39, 0.29) is 0 Å². The Hall–Kier alpha value is -1.85. The Morgan fingerprint density at radius 1 is 1.24 bits per heavy atom. The predicted octanol–water partition coefficient (Wildman–Crippen LogP) is 1.51. The van der Waals surface area contributed by atoms with Crippen LogP contribution in [-0.4, -0.2) is 52.4 Å². The minimum Gasteiger partial charge on any atom is -0.508 e. The van der Waals surface area contributed by atoms with E-state index in [2.05, 4.69) is 14.5 Å². The molecular formula is C16H21N3O2. The fraction of sp³-hybridized carbons (Fsp3) is 0.438. The number of phenolic OH excluding ortho intramolecular Hbond substituents is 1. The minimum atomic E-state index is 0.308. The van der Waals surface area contributed by atoms with Crippen molar-refractivity contribution in [1.82, 2.24) is 14.5 Å². The van der Waals surface area contributed by atoms with E-state index in [9.17, 15) is 5.11 Å². The van der Waals surface area contributed by atoms with Crippen LogP contribution in [0.3, 0.4) is 0 Å². The van der Waals surface area contributed by atoms with Gasteiger partial charge in [0.25, 0.3) is 0 Å². The van der Waals surface area contributed by atoms with Crippen LogP contribution >= 0.6 is 0 Å². The van der Waals surface area contributed by atoms with Crippen molar-refractivity contribution in [3.8, 4) is 5.75 Å². The smallest absolute Gasteiger partial charge is 0.115 e. The maximum Gasteiger partial charge on any atom is 0.115 e. The molecule has 0 aliphatic carbocycles. The molecule has 1 aromatic heterocycles. The summed E-state index contributed by atoms with van der Waals surface area (Å²) in [6.45, 7) is 5.43. The zero-order chi connectivity index (χ0) is 14.5. The molecule has 1 aliphatic heterocycles. The number of aromatic nitrogens is 2. The van der Waals surface area contributed by atoms with E-state index in [4.69, 9.17) is 4.74 Å². The van der Waals surface area contributed by atoms with Crippen molar-refractivity contribution >= 4 is 0 Å². The summed E-state index contributed by atoms with van der Waals surface area (Å²) in [6, 6.07) is 7.38. The molecule has 0 unspecified atom stereocenters. The van der Waals surface area contributed by atoms with E-state index in [1.54, 1.807) is 12.1 Å². The molecule has 0 saturated carbocycles. The van der Waals surface area contributed by atoms with Crippen LogP contribution in [0.2, 0.25) is 0 Å². The first-order chi connectivity index (χ1) is 10.3. The third-order valence-corrected chi connectivity index (χ3v) is 3.82. The average molecular weight is 287 g/mol. The Morgan fingerprint density at radius 2 is 2.10 bits per heavy atom. The molecule has 1 fully saturated rings. The fourth-order valence-electron chi connectivity index (χ4n) is 2.65. The lowest BCUT2D eigenvalue weighted by Crippen LogP contribution is -2.37. The van der Waals surface area contributed by atoms with Crippen molar-refractivity contribution < 1.29 is 9.84 Å². The van der Waals surface area contributed by atoms with Crippen LogP contribution in [0.15, 0.2) is 36.7 Å². The highest BCUT2D eigenvalue weighted by molar-refractivity contribution is 5.27. The number of hydrogen-bond acceptors (Lipinski definition) is 4. The number of benzene rings is 1. The van der Waals surface area contributed by atoms with Crippen LogP contribution in [0.1, 0.15) is 11.4 Å². The Bertz CT molecular complexity index is 576. The average Bonchev–Trinajstić information content (AvgIpc) is 2.93. The molecule has 3 rings (SSSR count). The number of hydrogen-bond donors (Lipinski definition) is 1. The van der Waals surface area contributed by atoms with E-state index in [0.29, 0.717) is 5.75 Å². The van der Waals surface area contributed by atoms with Gasteiger partial charge in [0, 0.05) is 45.0 Å². The molecular weight excluding hydrogens is 266 g/mol. The van der Waals surface area contributed by atoms with Gasteiger partial charge in [-0.25, -0.2) is 4.98 Å². The number of imidazole rings is 1. The zero-order valence-corrected chi connectivity index (χ0v) is 12.1. The first-order valence-electron chi connectivity index (χ1n) is 7.39. The lowest BCUT2D eigenvalue weighted by atomic mass is 10.2. The van der Waals surface area contributed by atoms with Crippen LogP contribution in [0.4, 0.5) is 0 Å². The molecule has 1 aliphatic rings. The summed E-state index contributed by atoms with van der Waals surface area (Å²) in [7, 11) is 0. The maximum atomic E-state index is 9.54.